The van der Waals surface area contributed by atoms with E-state index in [9.17, 15) is 10.2 Å². The number of hydrogen-bond donors (Lipinski definition) is 0. The van der Waals surface area contributed by atoms with E-state index in [0.717, 1.165) is 5.56 Å². The number of nitrogens with zero attached hydrogens (tertiary/aromatic N) is 3. The maximum Gasteiger partial charge on any atom is 2.00 e. The van der Waals surface area contributed by atoms with E-state index >= 15 is 0 Å². The molecule has 0 bridgehead atoms. The van der Waals surface area contributed by atoms with Gasteiger partial charge in [0.05, 0.1) is 0 Å². The molecule has 0 aliphatic carbocycles. The zero-order chi connectivity index (χ0) is 24.4. The molecule has 0 spiro atoms. The van der Waals surface area contributed by atoms with E-state index in [1.807, 2.05) is 30.3 Å². The third kappa shape index (κ3) is 10.2. The Morgan fingerprint density at radius 3 is 1.58 bits per heavy atom. The molecule has 0 aliphatic heterocycles. The van der Waals surface area contributed by atoms with E-state index in [4.69, 9.17) is 0 Å². The molecule has 7 heteroatoms. The minimum Gasteiger partial charge on any atom is -0.801 e. The molecule has 1 radical (unpaired) electrons. The van der Waals surface area contributed by atoms with Crippen LogP contribution in [0.3, 0.4) is 0 Å². The van der Waals surface area contributed by atoms with E-state index < -0.39 is 8.22 Å². The van der Waals surface area contributed by atoms with E-state index in [0.29, 0.717) is 35.2 Å². The first-order chi connectivity index (χ1) is 15.0. The molecule has 2 rings (SSSR count). The molecule has 0 N–H and O–H groups in total. The summed E-state index contributed by atoms with van der Waals surface area (Å²) in [5, 5.41) is 10.9. The molecule has 2 aromatic carbocycles. The zero-order valence-corrected chi connectivity index (χ0v) is 25.3. The van der Waals surface area contributed by atoms with Gasteiger partial charge in [-0.25, -0.2) is 0 Å². The van der Waals surface area contributed by atoms with Crippen molar-refractivity contribution in [2.24, 2.45) is 0 Å². The minimum atomic E-state index is -0.975. The van der Waals surface area contributed by atoms with Gasteiger partial charge in [0.2, 0.25) is 0 Å². The summed E-state index contributed by atoms with van der Waals surface area (Å²) in [6.07, 6.45) is 0. The molecular weight excluding hydrogens is 525 g/mol. The first-order valence-electron chi connectivity index (χ1n) is 11.1. The second kappa shape index (κ2) is 16.0. The van der Waals surface area contributed by atoms with Gasteiger partial charge in [0.1, 0.15) is 0 Å². The third-order valence-electron chi connectivity index (χ3n) is 4.70. The monoisotopic (exact) mass is 562 g/mol. The van der Waals surface area contributed by atoms with Crippen molar-refractivity contribution in [1.29, 1.82) is 0 Å². The van der Waals surface area contributed by atoms with Crippen molar-refractivity contribution in [1.82, 2.24) is 9.34 Å². The number of carbonyl (C=O) groups is 1. The number of carbonyl (C=O) groups excluding carboxylic acids is 1. The standard InChI is InChI=1S/C19H32N3P.C7H6OS.Zr.H2/c1-14(2)21(15(3)4)23(22(16(5)6)17(7)8)19(20)18-12-10-9-11-13-18;8-7(9)6-4-2-1-3-5-6;;/h9-12,14-17H,1-8H3;1-5H,(H,8,9);;1H/q-1;;+2;/p-1. The van der Waals surface area contributed by atoms with Crippen molar-refractivity contribution in [3.63, 3.8) is 0 Å². The Balaban J connectivity index is 0. The fourth-order valence-electron chi connectivity index (χ4n) is 3.62. The van der Waals surface area contributed by atoms with Crippen molar-refractivity contribution in [2.75, 3.05) is 0 Å². The summed E-state index contributed by atoms with van der Waals surface area (Å²) in [5.74, 6) is 0. The Hall–Kier alpha value is -0.767. The summed E-state index contributed by atoms with van der Waals surface area (Å²) >= 11 is 4.41. The van der Waals surface area contributed by atoms with Crippen molar-refractivity contribution in [3.8, 4) is 0 Å². The molecule has 0 aliphatic rings. The molecule has 33 heavy (non-hydrogen) atoms. The molecule has 0 aromatic heterocycles. The summed E-state index contributed by atoms with van der Waals surface area (Å²) < 4.78 is 4.87. The summed E-state index contributed by atoms with van der Waals surface area (Å²) in [7, 11) is -0.975. The van der Waals surface area contributed by atoms with Crippen molar-refractivity contribution in [3.05, 3.63) is 77.2 Å². The van der Waals surface area contributed by atoms with Crippen LogP contribution in [0.25, 0.3) is 5.41 Å². The maximum atomic E-state index is 11.1. The van der Waals surface area contributed by atoms with Gasteiger partial charge in [-0.1, -0.05) is 54.6 Å². The molecule has 179 valence electrons. The van der Waals surface area contributed by atoms with Gasteiger partial charge < -0.3 is 22.8 Å². The van der Waals surface area contributed by atoms with Gasteiger partial charge in [-0.15, -0.1) is 5.45 Å². The van der Waals surface area contributed by atoms with E-state index in [1.54, 1.807) is 24.3 Å². The topological polar surface area (TPSA) is 45.9 Å². The maximum absolute atomic E-state index is 11.1. The largest absolute Gasteiger partial charge is 2.00 e. The van der Waals surface area contributed by atoms with Crippen molar-refractivity contribution >= 4 is 31.4 Å². The Bertz CT molecular complexity index is 802. The van der Waals surface area contributed by atoms with Gasteiger partial charge in [-0.3, -0.25) is 9.34 Å². The second-order valence-electron chi connectivity index (χ2n) is 8.68. The molecule has 0 amide bonds. The van der Waals surface area contributed by atoms with Crippen LogP contribution in [0.4, 0.5) is 0 Å². The fourth-order valence-corrected chi connectivity index (χ4v) is 6.54. The van der Waals surface area contributed by atoms with E-state index in [2.05, 4.69) is 83.4 Å². The van der Waals surface area contributed by atoms with Gasteiger partial charge in [0.25, 0.3) is 0 Å². The molecule has 0 saturated carbocycles. The summed E-state index contributed by atoms with van der Waals surface area (Å²) in [5.41, 5.74) is 1.84. The predicted molar refractivity (Wildman–Crippen MR) is 144 cm³/mol. The average molecular weight is 564 g/mol. The Labute approximate surface area is 228 Å². The van der Waals surface area contributed by atoms with Crippen LogP contribution in [0.1, 0.15) is 72.7 Å². The number of rotatable bonds is 9. The molecule has 0 atom stereocenters. The second-order valence-corrected chi connectivity index (χ2v) is 11.0. The van der Waals surface area contributed by atoms with Crippen LogP contribution in [-0.2, 0) is 38.8 Å². The van der Waals surface area contributed by atoms with E-state index in [-0.39, 0.29) is 32.7 Å². The van der Waals surface area contributed by atoms with Crippen molar-refractivity contribution in [2.45, 2.75) is 79.6 Å². The summed E-state index contributed by atoms with van der Waals surface area (Å²) in [6.45, 7) is 17.6. The third-order valence-corrected chi connectivity index (χ3v) is 8.28. The minimum absolute atomic E-state index is 0. The fraction of sp³-hybridized carbons (Fsp3) is 0.462. The SMILES string of the molecule is CC(C)N(C(C)C)P(C(=[N-])c1[c]cccc1)N(C(C)C)C(C)C.O=C([S-])c1ccccc1.[HH].[Zr+2]. The molecule has 4 nitrogen and oxygen atoms in total. The first kappa shape index (κ1) is 32.2. The van der Waals surface area contributed by atoms with Gasteiger partial charge >= 0.3 is 26.2 Å². The Morgan fingerprint density at radius 1 is 0.848 bits per heavy atom. The number of hydrogen-bond acceptors (Lipinski definition) is 4. The molecule has 0 saturated heterocycles. The van der Waals surface area contributed by atoms with Gasteiger partial charge in [-0.05, 0) is 72.6 Å². The summed E-state index contributed by atoms with van der Waals surface area (Å²) in [4.78, 5) is 10.5. The first-order valence-corrected chi connectivity index (χ1v) is 12.8. The Kier molecular flexibility index (Phi) is 15.6. The van der Waals surface area contributed by atoms with Crippen molar-refractivity contribution < 1.29 is 32.4 Å². The van der Waals surface area contributed by atoms with Crippen LogP contribution < -0.4 is 0 Å². The van der Waals surface area contributed by atoms with Crippen LogP contribution in [0.2, 0.25) is 0 Å². The quantitative estimate of drug-likeness (QED) is 0.188. The molecule has 0 unspecified atom stereocenters. The van der Waals surface area contributed by atoms with Gasteiger partial charge in [-0.2, -0.15) is 0 Å². The number of benzene rings is 2. The van der Waals surface area contributed by atoms with Crippen LogP contribution >= 0.6 is 8.22 Å². The van der Waals surface area contributed by atoms with Crippen LogP contribution in [0.15, 0.2) is 54.6 Å². The average Bonchev–Trinajstić information content (AvgIpc) is 2.73. The van der Waals surface area contributed by atoms with Gasteiger partial charge in [0, 0.05) is 38.9 Å². The molecule has 2 aromatic rings. The molecular formula is C26H39N3OPSZr. The van der Waals surface area contributed by atoms with Gasteiger partial charge in [0.15, 0.2) is 0 Å². The van der Waals surface area contributed by atoms with E-state index in [1.165, 1.54) is 0 Å². The van der Waals surface area contributed by atoms with Crippen LogP contribution in [-0.4, -0.2) is 44.1 Å². The molecule has 0 heterocycles. The van der Waals surface area contributed by atoms with Crippen LogP contribution in [0, 0.1) is 6.07 Å². The summed E-state index contributed by atoms with van der Waals surface area (Å²) in [6, 6.07) is 21.1. The predicted octanol–water partition coefficient (Wildman–Crippen LogP) is 6.97. The Morgan fingerprint density at radius 2 is 1.27 bits per heavy atom. The normalized spacial score (nSPS) is 11.2. The smallest absolute Gasteiger partial charge is 0.801 e. The molecule has 0 fully saturated rings. The van der Waals surface area contributed by atoms with Crippen LogP contribution in [0.5, 0.6) is 0 Å². The zero-order valence-electron chi connectivity index (χ0n) is 21.1.